The first kappa shape index (κ1) is 13.0. The summed E-state index contributed by atoms with van der Waals surface area (Å²) in [6.45, 7) is 1.20. The van der Waals surface area contributed by atoms with Crippen molar-refractivity contribution in [3.05, 3.63) is 58.1 Å². The quantitative estimate of drug-likeness (QED) is 0.913. The van der Waals surface area contributed by atoms with Crippen molar-refractivity contribution in [2.45, 2.75) is 6.54 Å². The Morgan fingerprint density at radius 1 is 1.20 bits per heavy atom. The van der Waals surface area contributed by atoms with Gasteiger partial charge >= 0.3 is 5.97 Å². The fourth-order valence-electron chi connectivity index (χ4n) is 2.19. The Labute approximate surface area is 124 Å². The number of ether oxygens (including phenoxy) is 1. The number of rotatable bonds is 2. The van der Waals surface area contributed by atoms with E-state index in [1.807, 2.05) is 18.2 Å². The third-order valence-electron chi connectivity index (χ3n) is 3.24. The molecule has 0 aliphatic carbocycles. The molecular formula is C15H12BrNO3. The Morgan fingerprint density at radius 2 is 1.95 bits per heavy atom. The number of anilines is 1. The molecule has 0 saturated carbocycles. The summed E-state index contributed by atoms with van der Waals surface area (Å²) in [5.41, 5.74) is 2.34. The highest BCUT2D eigenvalue weighted by atomic mass is 79.9. The number of nitrogens with zero attached hydrogens (tertiary/aromatic N) is 1. The number of halogens is 1. The first-order chi connectivity index (χ1) is 9.63. The van der Waals surface area contributed by atoms with E-state index < -0.39 is 5.97 Å². The van der Waals surface area contributed by atoms with Crippen molar-refractivity contribution in [1.29, 1.82) is 0 Å². The predicted molar refractivity (Wildman–Crippen MR) is 79.2 cm³/mol. The van der Waals surface area contributed by atoms with E-state index in [-0.39, 0.29) is 5.56 Å². The van der Waals surface area contributed by atoms with Crippen LogP contribution >= 0.6 is 15.9 Å². The maximum Gasteiger partial charge on any atom is 0.335 e. The van der Waals surface area contributed by atoms with Crippen molar-refractivity contribution in [3.63, 3.8) is 0 Å². The van der Waals surface area contributed by atoms with Gasteiger partial charge in [-0.1, -0.05) is 15.9 Å². The Balaban J connectivity index is 1.84. The van der Waals surface area contributed by atoms with E-state index in [1.54, 1.807) is 24.3 Å². The minimum atomic E-state index is -0.916. The van der Waals surface area contributed by atoms with Gasteiger partial charge in [-0.3, -0.25) is 0 Å². The number of carboxylic acids is 1. The summed E-state index contributed by atoms with van der Waals surface area (Å²) >= 11 is 3.45. The van der Waals surface area contributed by atoms with Gasteiger partial charge in [0.1, 0.15) is 5.75 Å². The fourth-order valence-corrected chi connectivity index (χ4v) is 2.60. The standard InChI is InChI=1S/C15H12BrNO3/c16-12-3-6-14-11(7-12)8-17(9-20-14)13-4-1-10(2-5-13)15(18)19/h1-7H,8-9H2,(H,18,19). The number of benzene rings is 2. The fraction of sp³-hybridized carbons (Fsp3) is 0.133. The number of hydrogen-bond acceptors (Lipinski definition) is 3. The van der Waals surface area contributed by atoms with Crippen LogP contribution in [0.5, 0.6) is 5.75 Å². The van der Waals surface area contributed by atoms with Gasteiger partial charge in [0.25, 0.3) is 0 Å². The number of hydrogen-bond donors (Lipinski definition) is 1. The lowest BCUT2D eigenvalue weighted by Crippen LogP contribution is -2.31. The lowest BCUT2D eigenvalue weighted by Gasteiger charge is -2.30. The van der Waals surface area contributed by atoms with Crippen LogP contribution in [0.2, 0.25) is 0 Å². The molecule has 5 heteroatoms. The van der Waals surface area contributed by atoms with Crippen molar-refractivity contribution >= 4 is 27.6 Å². The molecular weight excluding hydrogens is 322 g/mol. The average molecular weight is 334 g/mol. The van der Waals surface area contributed by atoms with Crippen LogP contribution in [0.25, 0.3) is 0 Å². The third-order valence-corrected chi connectivity index (χ3v) is 3.73. The van der Waals surface area contributed by atoms with Crippen molar-refractivity contribution in [3.8, 4) is 5.75 Å². The van der Waals surface area contributed by atoms with E-state index in [4.69, 9.17) is 9.84 Å². The Morgan fingerprint density at radius 3 is 2.65 bits per heavy atom. The molecule has 4 nitrogen and oxygen atoms in total. The highest BCUT2D eigenvalue weighted by molar-refractivity contribution is 9.10. The van der Waals surface area contributed by atoms with Crippen molar-refractivity contribution in [2.24, 2.45) is 0 Å². The van der Waals surface area contributed by atoms with Crippen LogP contribution in [0.1, 0.15) is 15.9 Å². The summed E-state index contributed by atoms with van der Waals surface area (Å²) in [6.07, 6.45) is 0. The molecule has 1 aliphatic heterocycles. The second-order valence-corrected chi connectivity index (χ2v) is 5.49. The lowest BCUT2D eigenvalue weighted by atomic mass is 10.1. The number of fused-ring (bicyclic) bond motifs is 1. The zero-order valence-corrected chi connectivity index (χ0v) is 12.1. The topological polar surface area (TPSA) is 49.8 Å². The Bertz CT molecular complexity index is 655. The van der Waals surface area contributed by atoms with Gasteiger partial charge in [0.2, 0.25) is 0 Å². The second-order valence-electron chi connectivity index (χ2n) is 4.58. The lowest BCUT2D eigenvalue weighted by molar-refractivity contribution is 0.0697. The minimum absolute atomic E-state index is 0.287. The van der Waals surface area contributed by atoms with Crippen molar-refractivity contribution < 1.29 is 14.6 Å². The number of aromatic carboxylic acids is 1. The summed E-state index contributed by atoms with van der Waals surface area (Å²) < 4.78 is 6.73. The summed E-state index contributed by atoms with van der Waals surface area (Å²) in [5, 5.41) is 8.90. The van der Waals surface area contributed by atoms with Crippen molar-refractivity contribution in [2.75, 3.05) is 11.6 Å². The van der Waals surface area contributed by atoms with Crippen LogP contribution in [-0.2, 0) is 6.54 Å². The van der Waals surface area contributed by atoms with E-state index in [1.165, 1.54) is 0 Å². The van der Waals surface area contributed by atoms with Crippen LogP contribution in [0.15, 0.2) is 46.9 Å². The zero-order valence-electron chi connectivity index (χ0n) is 10.5. The van der Waals surface area contributed by atoms with Crippen molar-refractivity contribution in [1.82, 2.24) is 0 Å². The molecule has 0 atom stereocenters. The van der Waals surface area contributed by atoms with Crippen LogP contribution in [0, 0.1) is 0 Å². The summed E-state index contributed by atoms with van der Waals surface area (Å²) in [6, 6.07) is 12.8. The maximum absolute atomic E-state index is 10.8. The van der Waals surface area contributed by atoms with Gasteiger partial charge in [-0.15, -0.1) is 0 Å². The van der Waals surface area contributed by atoms with E-state index in [2.05, 4.69) is 20.8 Å². The molecule has 3 rings (SSSR count). The summed E-state index contributed by atoms with van der Waals surface area (Å²) in [7, 11) is 0. The van der Waals surface area contributed by atoms with Gasteiger partial charge in [-0.25, -0.2) is 4.79 Å². The molecule has 0 saturated heterocycles. The van der Waals surface area contributed by atoms with E-state index in [0.717, 1.165) is 28.0 Å². The first-order valence-electron chi connectivity index (χ1n) is 6.13. The molecule has 0 unspecified atom stereocenters. The van der Waals surface area contributed by atoms with Gasteiger partial charge < -0.3 is 14.7 Å². The molecule has 102 valence electrons. The predicted octanol–water partition coefficient (Wildman–Crippen LogP) is 3.50. The van der Waals surface area contributed by atoms with Gasteiger partial charge in [-0.05, 0) is 42.5 Å². The normalized spacial score (nSPS) is 13.6. The largest absolute Gasteiger partial charge is 0.478 e. The minimum Gasteiger partial charge on any atom is -0.478 e. The van der Waals surface area contributed by atoms with Crippen LogP contribution < -0.4 is 9.64 Å². The third kappa shape index (κ3) is 2.49. The molecule has 2 aromatic rings. The Hall–Kier alpha value is -2.01. The van der Waals surface area contributed by atoms with E-state index in [9.17, 15) is 4.79 Å². The van der Waals surface area contributed by atoms with E-state index in [0.29, 0.717) is 6.73 Å². The molecule has 0 spiro atoms. The molecule has 1 heterocycles. The molecule has 1 N–H and O–H groups in total. The second kappa shape index (κ2) is 5.17. The van der Waals surface area contributed by atoms with Gasteiger partial charge in [-0.2, -0.15) is 0 Å². The summed E-state index contributed by atoms with van der Waals surface area (Å²) in [4.78, 5) is 12.9. The molecule has 1 aliphatic rings. The Kier molecular flexibility index (Phi) is 3.36. The van der Waals surface area contributed by atoms with Crippen LogP contribution in [0.4, 0.5) is 5.69 Å². The average Bonchev–Trinajstić information content (AvgIpc) is 2.46. The molecule has 20 heavy (non-hydrogen) atoms. The number of carbonyl (C=O) groups is 1. The highest BCUT2D eigenvalue weighted by Gasteiger charge is 2.18. The molecule has 0 fully saturated rings. The SMILES string of the molecule is O=C(O)c1ccc(N2COc3ccc(Br)cc3C2)cc1. The molecule has 2 aromatic carbocycles. The molecule has 0 aromatic heterocycles. The summed E-state index contributed by atoms with van der Waals surface area (Å²) in [5.74, 6) is -0.0210. The highest BCUT2D eigenvalue weighted by Crippen LogP contribution is 2.30. The van der Waals surface area contributed by atoms with Crippen LogP contribution in [0.3, 0.4) is 0 Å². The smallest absolute Gasteiger partial charge is 0.335 e. The molecule has 0 amide bonds. The number of carboxylic acid groups (broad SMARTS) is 1. The first-order valence-corrected chi connectivity index (χ1v) is 6.92. The molecule has 0 radical (unpaired) electrons. The van der Waals surface area contributed by atoms with Gasteiger partial charge in [0.05, 0.1) is 5.56 Å². The maximum atomic E-state index is 10.8. The van der Waals surface area contributed by atoms with E-state index >= 15 is 0 Å². The van der Waals surface area contributed by atoms with Gasteiger partial charge in [0, 0.05) is 22.3 Å². The monoisotopic (exact) mass is 333 g/mol. The zero-order chi connectivity index (χ0) is 14.1. The molecule has 0 bridgehead atoms. The van der Waals surface area contributed by atoms with Crippen LogP contribution in [-0.4, -0.2) is 17.8 Å². The van der Waals surface area contributed by atoms with Gasteiger partial charge in [0.15, 0.2) is 6.73 Å².